The number of carbonyl (C=O) groups excluding carboxylic acids is 1. The molecule has 116 valence electrons. The van der Waals surface area contributed by atoms with Gasteiger partial charge in [0, 0.05) is 0 Å². The molecule has 3 nitrogen and oxygen atoms in total. The van der Waals surface area contributed by atoms with Crippen molar-refractivity contribution in [3.05, 3.63) is 58.1 Å². The van der Waals surface area contributed by atoms with Crippen molar-refractivity contribution < 1.29 is 14.3 Å². The molecule has 0 heterocycles. The van der Waals surface area contributed by atoms with E-state index in [1.165, 1.54) is 5.56 Å². The minimum Gasteiger partial charge on any atom is -0.482 e. The Hall–Kier alpha value is -2.29. The maximum absolute atomic E-state index is 11.9. The highest BCUT2D eigenvalue weighted by Crippen LogP contribution is 2.23. The zero-order valence-corrected chi connectivity index (χ0v) is 13.8. The van der Waals surface area contributed by atoms with Crippen molar-refractivity contribution in [1.82, 2.24) is 0 Å². The smallest absolute Gasteiger partial charge is 0.349 e. The molecule has 2 rings (SSSR count). The largest absolute Gasteiger partial charge is 0.482 e. The lowest BCUT2D eigenvalue weighted by atomic mass is 10.1. The molecule has 0 radical (unpaired) electrons. The predicted octanol–water partition coefficient (Wildman–Crippen LogP) is 4.21. The second kappa shape index (κ2) is 6.65. The number of hydrogen-bond donors (Lipinski definition) is 0. The van der Waals surface area contributed by atoms with Gasteiger partial charge in [-0.1, -0.05) is 12.1 Å². The first-order valence-electron chi connectivity index (χ1n) is 7.35. The summed E-state index contributed by atoms with van der Waals surface area (Å²) in [5, 5.41) is 0. The van der Waals surface area contributed by atoms with Gasteiger partial charge in [-0.2, -0.15) is 0 Å². The lowest BCUT2D eigenvalue weighted by Gasteiger charge is -2.12. The predicted molar refractivity (Wildman–Crippen MR) is 87.7 cm³/mol. The van der Waals surface area contributed by atoms with Crippen LogP contribution in [0.15, 0.2) is 30.3 Å². The fourth-order valence-corrected chi connectivity index (χ4v) is 2.23. The van der Waals surface area contributed by atoms with E-state index in [1.54, 1.807) is 6.07 Å². The maximum atomic E-state index is 11.9. The molecule has 0 saturated heterocycles. The Kier molecular flexibility index (Phi) is 4.86. The van der Waals surface area contributed by atoms with Gasteiger partial charge in [-0.3, -0.25) is 0 Å². The fourth-order valence-electron chi connectivity index (χ4n) is 2.23. The third kappa shape index (κ3) is 3.88. The number of rotatable bonds is 4. The summed E-state index contributed by atoms with van der Waals surface area (Å²) >= 11 is 0. The highest BCUT2D eigenvalue weighted by molar-refractivity contribution is 5.74. The Balaban J connectivity index is 2.00. The summed E-state index contributed by atoms with van der Waals surface area (Å²) in [4.78, 5) is 11.9. The Labute approximate surface area is 131 Å². The molecule has 0 aliphatic rings. The van der Waals surface area contributed by atoms with Gasteiger partial charge in [0.05, 0.1) is 0 Å². The van der Waals surface area contributed by atoms with Crippen molar-refractivity contribution in [2.45, 2.75) is 34.6 Å². The van der Waals surface area contributed by atoms with Gasteiger partial charge in [-0.05, 0) is 80.6 Å². The minimum absolute atomic E-state index is 0.101. The van der Waals surface area contributed by atoms with Gasteiger partial charge in [0.25, 0.3) is 0 Å². The average Bonchev–Trinajstić information content (AvgIpc) is 2.45. The number of carbonyl (C=O) groups is 1. The molecule has 2 aromatic rings. The van der Waals surface area contributed by atoms with E-state index in [-0.39, 0.29) is 6.61 Å². The summed E-state index contributed by atoms with van der Waals surface area (Å²) in [7, 11) is 0. The summed E-state index contributed by atoms with van der Waals surface area (Å²) in [6.07, 6.45) is 0. The van der Waals surface area contributed by atoms with E-state index in [0.717, 1.165) is 28.0 Å². The van der Waals surface area contributed by atoms with Crippen LogP contribution >= 0.6 is 0 Å². The van der Waals surface area contributed by atoms with Crippen LogP contribution in [0.5, 0.6) is 11.5 Å². The number of esters is 1. The molecule has 0 atom stereocenters. The molecule has 0 aliphatic heterocycles. The molecular formula is C19H22O3. The van der Waals surface area contributed by atoms with Gasteiger partial charge in [-0.15, -0.1) is 0 Å². The van der Waals surface area contributed by atoms with Crippen LogP contribution in [0, 0.1) is 34.6 Å². The lowest BCUT2D eigenvalue weighted by molar-refractivity contribution is -0.136. The maximum Gasteiger partial charge on any atom is 0.349 e. The number of ether oxygens (including phenoxy) is 2. The zero-order valence-electron chi connectivity index (χ0n) is 13.8. The molecule has 0 aromatic heterocycles. The summed E-state index contributed by atoms with van der Waals surface area (Å²) in [5.74, 6) is 0.880. The molecule has 0 saturated carbocycles. The van der Waals surface area contributed by atoms with E-state index in [1.807, 2.05) is 52.8 Å². The summed E-state index contributed by atoms with van der Waals surface area (Å²) in [5.41, 5.74) is 5.57. The van der Waals surface area contributed by atoms with Gasteiger partial charge < -0.3 is 9.47 Å². The monoisotopic (exact) mass is 298 g/mol. The molecule has 0 unspecified atom stereocenters. The number of aryl methyl sites for hydroxylation is 4. The van der Waals surface area contributed by atoms with Gasteiger partial charge in [0.1, 0.15) is 11.5 Å². The van der Waals surface area contributed by atoms with Crippen LogP contribution in [0.1, 0.15) is 27.8 Å². The number of hydrogen-bond acceptors (Lipinski definition) is 3. The van der Waals surface area contributed by atoms with Crippen LogP contribution in [-0.2, 0) is 4.79 Å². The zero-order chi connectivity index (χ0) is 16.3. The van der Waals surface area contributed by atoms with Crippen LogP contribution < -0.4 is 9.47 Å². The second-order valence-corrected chi connectivity index (χ2v) is 5.71. The topological polar surface area (TPSA) is 35.5 Å². The average molecular weight is 298 g/mol. The van der Waals surface area contributed by atoms with Crippen molar-refractivity contribution in [1.29, 1.82) is 0 Å². The van der Waals surface area contributed by atoms with E-state index < -0.39 is 5.97 Å². The molecule has 22 heavy (non-hydrogen) atoms. The Morgan fingerprint density at radius 3 is 2.32 bits per heavy atom. The van der Waals surface area contributed by atoms with Crippen LogP contribution in [0.4, 0.5) is 0 Å². The first kappa shape index (κ1) is 16.1. The molecule has 2 aromatic carbocycles. The van der Waals surface area contributed by atoms with Gasteiger partial charge in [0.15, 0.2) is 6.61 Å². The molecule has 0 spiro atoms. The van der Waals surface area contributed by atoms with Crippen molar-refractivity contribution in [2.75, 3.05) is 6.61 Å². The fraction of sp³-hybridized carbons (Fsp3) is 0.316. The van der Waals surface area contributed by atoms with Crippen LogP contribution in [0.2, 0.25) is 0 Å². The van der Waals surface area contributed by atoms with Gasteiger partial charge in [-0.25, -0.2) is 4.79 Å². The lowest BCUT2D eigenvalue weighted by Crippen LogP contribution is -2.18. The normalized spacial score (nSPS) is 10.4. The van der Waals surface area contributed by atoms with E-state index >= 15 is 0 Å². The summed E-state index contributed by atoms with van der Waals surface area (Å²) in [6, 6.07) is 9.62. The van der Waals surface area contributed by atoms with Crippen molar-refractivity contribution in [3.8, 4) is 11.5 Å². The molecule has 3 heteroatoms. The highest BCUT2D eigenvalue weighted by atomic mass is 16.6. The van der Waals surface area contributed by atoms with Gasteiger partial charge in [0.2, 0.25) is 0 Å². The van der Waals surface area contributed by atoms with E-state index in [9.17, 15) is 4.79 Å². The third-order valence-electron chi connectivity index (χ3n) is 3.82. The third-order valence-corrected chi connectivity index (χ3v) is 3.82. The van der Waals surface area contributed by atoms with Gasteiger partial charge >= 0.3 is 5.97 Å². The minimum atomic E-state index is -0.401. The van der Waals surface area contributed by atoms with Crippen LogP contribution in [0.25, 0.3) is 0 Å². The molecule has 0 N–H and O–H groups in total. The highest BCUT2D eigenvalue weighted by Gasteiger charge is 2.10. The SMILES string of the molecule is Cc1cc(C)c(C)c(OCC(=O)Oc2ccc(C)c(C)c2)c1. The van der Waals surface area contributed by atoms with Crippen molar-refractivity contribution >= 4 is 5.97 Å². The van der Waals surface area contributed by atoms with Crippen molar-refractivity contribution in [3.63, 3.8) is 0 Å². The number of benzene rings is 2. The molecule has 0 amide bonds. The Morgan fingerprint density at radius 2 is 1.64 bits per heavy atom. The summed E-state index contributed by atoms with van der Waals surface area (Å²) < 4.78 is 10.9. The van der Waals surface area contributed by atoms with Crippen molar-refractivity contribution in [2.24, 2.45) is 0 Å². The first-order chi connectivity index (χ1) is 10.4. The second-order valence-electron chi connectivity index (χ2n) is 5.71. The standard InChI is InChI=1S/C19H22O3/c1-12-8-15(4)16(5)18(9-12)21-11-19(20)22-17-7-6-13(2)14(3)10-17/h6-10H,11H2,1-5H3. The quantitative estimate of drug-likeness (QED) is 0.626. The first-order valence-corrected chi connectivity index (χ1v) is 7.35. The molecule has 0 fully saturated rings. The molecular weight excluding hydrogens is 276 g/mol. The molecule has 0 aliphatic carbocycles. The van der Waals surface area contributed by atoms with E-state index in [0.29, 0.717) is 5.75 Å². The van der Waals surface area contributed by atoms with E-state index in [2.05, 4.69) is 6.07 Å². The Bertz CT molecular complexity index is 702. The van der Waals surface area contributed by atoms with E-state index in [4.69, 9.17) is 9.47 Å². The summed E-state index contributed by atoms with van der Waals surface area (Å²) in [6.45, 7) is 9.93. The van der Waals surface area contributed by atoms with Crippen LogP contribution in [0.3, 0.4) is 0 Å². The molecule has 0 bridgehead atoms. The van der Waals surface area contributed by atoms with Crippen LogP contribution in [-0.4, -0.2) is 12.6 Å². The Morgan fingerprint density at radius 1 is 0.909 bits per heavy atom.